The average Bonchev–Trinajstić information content (AvgIpc) is 3.66. The Bertz CT molecular complexity index is 2500. The molecular formula is C47H30N2. The second kappa shape index (κ2) is 10.8. The van der Waals surface area contributed by atoms with Crippen molar-refractivity contribution in [2.75, 3.05) is 0 Å². The minimum Gasteiger partial charge on any atom is -0.228 e. The molecule has 0 aliphatic heterocycles. The highest BCUT2D eigenvalue weighted by Gasteiger charge is 2.52. The van der Waals surface area contributed by atoms with Gasteiger partial charge < -0.3 is 0 Å². The van der Waals surface area contributed by atoms with E-state index in [0.29, 0.717) is 0 Å². The molecule has 0 atom stereocenters. The maximum Gasteiger partial charge on any atom is 0.161 e. The second-order valence-corrected chi connectivity index (χ2v) is 12.9. The van der Waals surface area contributed by atoms with Crippen molar-refractivity contribution < 1.29 is 0 Å². The van der Waals surface area contributed by atoms with E-state index in [1.54, 1.807) is 0 Å². The molecule has 2 aliphatic carbocycles. The highest BCUT2D eigenvalue weighted by atomic mass is 14.9. The van der Waals surface area contributed by atoms with Gasteiger partial charge in [-0.2, -0.15) is 0 Å². The number of hydrogen-bond acceptors (Lipinski definition) is 2. The Labute approximate surface area is 286 Å². The third-order valence-electron chi connectivity index (χ3n) is 10.3. The van der Waals surface area contributed by atoms with Crippen molar-refractivity contribution in [1.82, 2.24) is 9.97 Å². The van der Waals surface area contributed by atoms with Gasteiger partial charge in [0.05, 0.1) is 16.8 Å². The van der Waals surface area contributed by atoms with Crippen LogP contribution in [-0.2, 0) is 5.41 Å². The molecule has 0 saturated carbocycles. The summed E-state index contributed by atoms with van der Waals surface area (Å²) in [6.45, 7) is 0. The summed E-state index contributed by atoms with van der Waals surface area (Å²) in [5, 5.41) is 0. The van der Waals surface area contributed by atoms with Gasteiger partial charge in [0.25, 0.3) is 0 Å². The van der Waals surface area contributed by atoms with E-state index in [1.807, 2.05) is 6.07 Å². The summed E-state index contributed by atoms with van der Waals surface area (Å²) >= 11 is 0. The molecule has 2 aliphatic rings. The minimum atomic E-state index is -0.418. The van der Waals surface area contributed by atoms with Gasteiger partial charge >= 0.3 is 0 Å². The van der Waals surface area contributed by atoms with E-state index in [9.17, 15) is 0 Å². The number of rotatable bonds is 4. The van der Waals surface area contributed by atoms with Crippen molar-refractivity contribution in [2.45, 2.75) is 5.41 Å². The first kappa shape index (κ1) is 27.7. The van der Waals surface area contributed by atoms with Gasteiger partial charge in [-0.25, -0.2) is 9.97 Å². The van der Waals surface area contributed by atoms with Crippen LogP contribution in [0.5, 0.6) is 0 Å². The molecule has 49 heavy (non-hydrogen) atoms. The van der Waals surface area contributed by atoms with E-state index in [-0.39, 0.29) is 0 Å². The van der Waals surface area contributed by atoms with E-state index in [0.717, 1.165) is 39.5 Å². The second-order valence-electron chi connectivity index (χ2n) is 12.9. The van der Waals surface area contributed by atoms with Crippen LogP contribution >= 0.6 is 0 Å². The zero-order valence-electron chi connectivity index (χ0n) is 26.7. The standard InChI is InChI=1S/C47H30N2/c1-3-15-31(16-4-1)33-19-13-20-34(29-33)44-30-43(32-17-5-2-6-18-32)48-46(49-44)38-24-14-28-42-45(38)37-23-9-12-27-41(37)47(42)39-25-10-7-21-35(39)36-22-8-11-26-40(36)47/h1-30H. The lowest BCUT2D eigenvalue weighted by molar-refractivity contribution is 0.794. The lowest BCUT2D eigenvalue weighted by Crippen LogP contribution is -2.25. The normalized spacial score (nSPS) is 13.1. The molecule has 8 aromatic rings. The van der Waals surface area contributed by atoms with Crippen LogP contribution in [0.4, 0.5) is 0 Å². The Morgan fingerprint density at radius 3 is 1.43 bits per heavy atom. The molecule has 0 saturated heterocycles. The lowest BCUT2D eigenvalue weighted by Gasteiger charge is -2.30. The van der Waals surface area contributed by atoms with Crippen molar-refractivity contribution in [3.8, 4) is 67.3 Å². The Morgan fingerprint density at radius 2 is 0.755 bits per heavy atom. The summed E-state index contributed by atoms with van der Waals surface area (Å²) in [5.41, 5.74) is 17.2. The fourth-order valence-electron chi connectivity index (χ4n) is 8.29. The molecule has 0 unspecified atom stereocenters. The van der Waals surface area contributed by atoms with Gasteiger partial charge in [-0.3, -0.25) is 0 Å². The van der Waals surface area contributed by atoms with Crippen molar-refractivity contribution >= 4 is 0 Å². The van der Waals surface area contributed by atoms with Crippen LogP contribution in [0.25, 0.3) is 67.3 Å². The van der Waals surface area contributed by atoms with Gasteiger partial charge in [0, 0.05) is 16.7 Å². The van der Waals surface area contributed by atoms with Crippen molar-refractivity contribution in [3.63, 3.8) is 0 Å². The number of hydrogen-bond donors (Lipinski definition) is 0. The molecule has 0 N–H and O–H groups in total. The maximum absolute atomic E-state index is 5.38. The van der Waals surface area contributed by atoms with Gasteiger partial charge in [0.15, 0.2) is 5.82 Å². The van der Waals surface area contributed by atoms with Crippen molar-refractivity contribution in [1.29, 1.82) is 0 Å². The molecule has 228 valence electrons. The Morgan fingerprint density at radius 1 is 0.306 bits per heavy atom. The first-order valence-electron chi connectivity index (χ1n) is 16.8. The van der Waals surface area contributed by atoms with E-state index in [2.05, 4.69) is 176 Å². The zero-order chi connectivity index (χ0) is 32.4. The summed E-state index contributed by atoms with van der Waals surface area (Å²) in [7, 11) is 0. The number of benzene rings is 7. The quantitative estimate of drug-likeness (QED) is 0.195. The topological polar surface area (TPSA) is 25.8 Å². The summed E-state index contributed by atoms with van der Waals surface area (Å²) in [4.78, 5) is 10.7. The number of fused-ring (bicyclic) bond motifs is 10. The van der Waals surface area contributed by atoms with Crippen LogP contribution < -0.4 is 0 Å². The van der Waals surface area contributed by atoms with E-state index in [4.69, 9.17) is 9.97 Å². The summed E-state index contributed by atoms with van der Waals surface area (Å²) in [5.74, 6) is 0.727. The van der Waals surface area contributed by atoms with Gasteiger partial charge in [0.2, 0.25) is 0 Å². The van der Waals surface area contributed by atoms with Crippen LogP contribution in [0.2, 0.25) is 0 Å². The largest absolute Gasteiger partial charge is 0.228 e. The van der Waals surface area contributed by atoms with Crippen LogP contribution in [0.15, 0.2) is 182 Å². The summed E-state index contributed by atoms with van der Waals surface area (Å²) < 4.78 is 0. The first-order valence-corrected chi connectivity index (χ1v) is 16.8. The molecule has 0 fully saturated rings. The highest BCUT2D eigenvalue weighted by Crippen LogP contribution is 2.63. The predicted octanol–water partition coefficient (Wildman–Crippen LogP) is 11.5. The number of nitrogens with zero attached hydrogens (tertiary/aromatic N) is 2. The monoisotopic (exact) mass is 622 g/mol. The van der Waals surface area contributed by atoms with Crippen LogP contribution in [0.1, 0.15) is 22.3 Å². The Balaban J connectivity index is 1.24. The molecule has 1 spiro atoms. The highest BCUT2D eigenvalue weighted by molar-refractivity contribution is 5.99. The molecule has 1 aromatic heterocycles. The Kier molecular flexibility index (Phi) is 6.13. The molecule has 0 bridgehead atoms. The molecule has 7 aromatic carbocycles. The molecule has 0 radical (unpaired) electrons. The smallest absolute Gasteiger partial charge is 0.161 e. The summed E-state index contributed by atoms with van der Waals surface area (Å²) in [6, 6.07) is 65.3. The maximum atomic E-state index is 5.38. The third kappa shape index (κ3) is 4.07. The van der Waals surface area contributed by atoms with Crippen LogP contribution in [0.3, 0.4) is 0 Å². The molecule has 10 rings (SSSR count). The van der Waals surface area contributed by atoms with Crippen LogP contribution in [0, 0.1) is 0 Å². The average molecular weight is 623 g/mol. The van der Waals surface area contributed by atoms with Gasteiger partial charge in [-0.1, -0.05) is 170 Å². The third-order valence-corrected chi connectivity index (χ3v) is 10.3. The van der Waals surface area contributed by atoms with E-state index in [1.165, 1.54) is 50.1 Å². The van der Waals surface area contributed by atoms with Crippen molar-refractivity contribution in [2.24, 2.45) is 0 Å². The molecule has 2 nitrogen and oxygen atoms in total. The van der Waals surface area contributed by atoms with Crippen molar-refractivity contribution in [3.05, 3.63) is 204 Å². The lowest BCUT2D eigenvalue weighted by atomic mass is 9.70. The molecule has 0 amide bonds. The fraction of sp³-hybridized carbons (Fsp3) is 0.0213. The minimum absolute atomic E-state index is 0.418. The SMILES string of the molecule is c1ccc(-c2cccc(-c3cc(-c4ccccc4)nc(-c4cccc5c4-c4ccccc4C54c5ccccc5-c5ccccc54)n3)c2)cc1. The molecule has 2 heteroatoms. The van der Waals surface area contributed by atoms with E-state index < -0.39 is 5.41 Å². The fourth-order valence-corrected chi connectivity index (χ4v) is 8.29. The predicted molar refractivity (Wildman–Crippen MR) is 200 cm³/mol. The first-order chi connectivity index (χ1) is 24.3. The summed E-state index contributed by atoms with van der Waals surface area (Å²) in [6.07, 6.45) is 0. The van der Waals surface area contributed by atoms with Gasteiger partial charge in [0.1, 0.15) is 0 Å². The zero-order valence-corrected chi connectivity index (χ0v) is 26.7. The van der Waals surface area contributed by atoms with Gasteiger partial charge in [-0.15, -0.1) is 0 Å². The van der Waals surface area contributed by atoms with Crippen LogP contribution in [-0.4, -0.2) is 9.97 Å². The molecule has 1 heterocycles. The number of aromatic nitrogens is 2. The van der Waals surface area contributed by atoms with E-state index >= 15 is 0 Å². The Hall–Kier alpha value is -6.38. The molecular weight excluding hydrogens is 593 g/mol. The van der Waals surface area contributed by atoms with Gasteiger partial charge in [-0.05, 0) is 67.8 Å².